The second kappa shape index (κ2) is 9.24. The SMILES string of the molecule is CN=C(NCC1CCN(Cc2cccs2)CC1)N(C)Cc1cccn1C. The topological polar surface area (TPSA) is 35.8 Å². The zero-order valence-corrected chi connectivity index (χ0v) is 17.0. The summed E-state index contributed by atoms with van der Waals surface area (Å²) in [6, 6.07) is 8.63. The van der Waals surface area contributed by atoms with Crippen molar-refractivity contribution in [3.8, 4) is 0 Å². The van der Waals surface area contributed by atoms with E-state index in [0.29, 0.717) is 0 Å². The van der Waals surface area contributed by atoms with E-state index in [9.17, 15) is 0 Å². The second-order valence-electron chi connectivity index (χ2n) is 7.19. The molecule has 2 aromatic rings. The molecular formula is C20H31N5S. The molecule has 5 nitrogen and oxygen atoms in total. The summed E-state index contributed by atoms with van der Waals surface area (Å²) in [7, 11) is 6.06. The summed E-state index contributed by atoms with van der Waals surface area (Å²) in [5.41, 5.74) is 1.29. The van der Waals surface area contributed by atoms with Crippen molar-refractivity contribution in [3.05, 3.63) is 46.4 Å². The normalized spacial score (nSPS) is 16.8. The fourth-order valence-corrected chi connectivity index (χ4v) is 4.32. The Morgan fingerprint density at radius 1 is 1.31 bits per heavy atom. The van der Waals surface area contributed by atoms with Gasteiger partial charge < -0.3 is 14.8 Å². The van der Waals surface area contributed by atoms with Crippen LogP contribution >= 0.6 is 11.3 Å². The van der Waals surface area contributed by atoms with Crippen molar-refractivity contribution >= 4 is 17.3 Å². The average molecular weight is 374 g/mol. The van der Waals surface area contributed by atoms with Gasteiger partial charge in [0.05, 0.1) is 6.54 Å². The Kier molecular flexibility index (Phi) is 6.74. The summed E-state index contributed by atoms with van der Waals surface area (Å²) >= 11 is 1.86. The number of aryl methyl sites for hydroxylation is 1. The lowest BCUT2D eigenvalue weighted by Gasteiger charge is -2.32. The number of aliphatic imine (C=N–C) groups is 1. The van der Waals surface area contributed by atoms with E-state index in [2.05, 4.69) is 74.6 Å². The predicted octanol–water partition coefficient (Wildman–Crippen LogP) is 3.01. The van der Waals surface area contributed by atoms with Gasteiger partial charge in [0.2, 0.25) is 0 Å². The first-order chi connectivity index (χ1) is 12.7. The van der Waals surface area contributed by atoms with Gasteiger partial charge in [-0.2, -0.15) is 0 Å². The van der Waals surface area contributed by atoms with E-state index in [1.54, 1.807) is 0 Å². The molecule has 0 amide bonds. The van der Waals surface area contributed by atoms with Crippen LogP contribution in [0.1, 0.15) is 23.4 Å². The first kappa shape index (κ1) is 19.0. The predicted molar refractivity (Wildman–Crippen MR) is 111 cm³/mol. The van der Waals surface area contributed by atoms with Gasteiger partial charge in [-0.3, -0.25) is 9.89 Å². The summed E-state index contributed by atoms with van der Waals surface area (Å²) in [5, 5.41) is 5.75. The number of likely N-dealkylation sites (tertiary alicyclic amines) is 1. The first-order valence-corrected chi connectivity index (χ1v) is 10.3. The number of guanidine groups is 1. The molecule has 3 rings (SSSR count). The Balaban J connectivity index is 1.41. The number of thiophene rings is 1. The molecular weight excluding hydrogens is 342 g/mol. The number of piperidine rings is 1. The number of rotatable bonds is 6. The summed E-state index contributed by atoms with van der Waals surface area (Å²) in [6.07, 6.45) is 4.61. The molecule has 1 aliphatic rings. The summed E-state index contributed by atoms with van der Waals surface area (Å²) in [6.45, 7) is 5.38. The molecule has 1 saturated heterocycles. The average Bonchev–Trinajstić information content (AvgIpc) is 3.29. The van der Waals surface area contributed by atoms with Crippen LogP contribution in [0.2, 0.25) is 0 Å². The number of aromatic nitrogens is 1. The third-order valence-corrected chi connectivity index (χ3v) is 6.10. The Hall–Kier alpha value is -1.79. The van der Waals surface area contributed by atoms with Crippen LogP contribution < -0.4 is 5.32 Å². The van der Waals surface area contributed by atoms with E-state index in [4.69, 9.17) is 0 Å². The third kappa shape index (κ3) is 5.11. The van der Waals surface area contributed by atoms with Gasteiger partial charge in [0, 0.05) is 51.0 Å². The lowest BCUT2D eigenvalue weighted by molar-refractivity contribution is 0.179. The number of hydrogen-bond donors (Lipinski definition) is 1. The molecule has 1 aliphatic heterocycles. The van der Waals surface area contributed by atoms with Gasteiger partial charge >= 0.3 is 0 Å². The molecule has 26 heavy (non-hydrogen) atoms. The lowest BCUT2D eigenvalue weighted by atomic mass is 9.97. The molecule has 2 aromatic heterocycles. The number of hydrogen-bond acceptors (Lipinski definition) is 3. The van der Waals surface area contributed by atoms with E-state index in [0.717, 1.165) is 31.5 Å². The van der Waals surface area contributed by atoms with Crippen LogP contribution in [0.15, 0.2) is 40.8 Å². The van der Waals surface area contributed by atoms with Crippen LogP contribution in [-0.4, -0.2) is 54.1 Å². The second-order valence-corrected chi connectivity index (χ2v) is 8.23. The van der Waals surface area contributed by atoms with Gasteiger partial charge in [-0.1, -0.05) is 6.07 Å². The minimum absolute atomic E-state index is 0.731. The minimum Gasteiger partial charge on any atom is -0.356 e. The van der Waals surface area contributed by atoms with Crippen molar-refractivity contribution in [2.45, 2.75) is 25.9 Å². The fraction of sp³-hybridized carbons (Fsp3) is 0.550. The highest BCUT2D eigenvalue weighted by molar-refractivity contribution is 7.09. The summed E-state index contributed by atoms with van der Waals surface area (Å²) in [5.74, 6) is 1.71. The Labute approximate surface area is 161 Å². The molecule has 3 heterocycles. The van der Waals surface area contributed by atoms with Gasteiger partial charge in [0.15, 0.2) is 5.96 Å². The highest BCUT2D eigenvalue weighted by Crippen LogP contribution is 2.20. The number of nitrogens with one attached hydrogen (secondary N) is 1. The van der Waals surface area contributed by atoms with Gasteiger partial charge in [-0.05, 0) is 55.4 Å². The third-order valence-electron chi connectivity index (χ3n) is 5.24. The van der Waals surface area contributed by atoms with Crippen molar-refractivity contribution in [2.24, 2.45) is 18.0 Å². The van der Waals surface area contributed by atoms with Crippen LogP contribution in [0.5, 0.6) is 0 Å². The molecule has 0 spiro atoms. The minimum atomic E-state index is 0.731. The maximum Gasteiger partial charge on any atom is 0.193 e. The molecule has 0 saturated carbocycles. The van der Waals surface area contributed by atoms with Crippen LogP contribution in [0.25, 0.3) is 0 Å². The zero-order chi connectivity index (χ0) is 18.4. The van der Waals surface area contributed by atoms with Gasteiger partial charge in [-0.15, -0.1) is 11.3 Å². The zero-order valence-electron chi connectivity index (χ0n) is 16.2. The maximum absolute atomic E-state index is 4.46. The fourth-order valence-electron chi connectivity index (χ4n) is 3.57. The smallest absolute Gasteiger partial charge is 0.193 e. The van der Waals surface area contributed by atoms with Gasteiger partial charge in [-0.25, -0.2) is 0 Å². The van der Waals surface area contributed by atoms with Crippen molar-refractivity contribution in [1.82, 2.24) is 19.7 Å². The van der Waals surface area contributed by atoms with E-state index in [1.165, 1.54) is 36.5 Å². The molecule has 0 atom stereocenters. The maximum atomic E-state index is 4.46. The summed E-state index contributed by atoms with van der Waals surface area (Å²) < 4.78 is 2.16. The molecule has 6 heteroatoms. The van der Waals surface area contributed by atoms with Crippen molar-refractivity contribution in [1.29, 1.82) is 0 Å². The molecule has 0 aromatic carbocycles. The number of nitrogens with zero attached hydrogens (tertiary/aromatic N) is 4. The largest absolute Gasteiger partial charge is 0.356 e. The standard InChI is InChI=1S/C20H31N5S/c1-21-20(24(3)15-18-6-4-10-23(18)2)22-14-17-8-11-25(12-9-17)16-19-7-5-13-26-19/h4-7,10,13,17H,8-9,11-12,14-16H2,1-3H3,(H,21,22). The van der Waals surface area contributed by atoms with Crippen molar-refractivity contribution < 1.29 is 0 Å². The molecule has 1 fully saturated rings. The highest BCUT2D eigenvalue weighted by Gasteiger charge is 2.20. The van der Waals surface area contributed by atoms with Gasteiger partial charge in [0.25, 0.3) is 0 Å². The molecule has 0 radical (unpaired) electrons. The summed E-state index contributed by atoms with van der Waals surface area (Å²) in [4.78, 5) is 10.7. The lowest BCUT2D eigenvalue weighted by Crippen LogP contribution is -2.43. The molecule has 0 unspecified atom stereocenters. The molecule has 0 aliphatic carbocycles. The van der Waals surface area contributed by atoms with E-state index < -0.39 is 0 Å². The van der Waals surface area contributed by atoms with E-state index in [1.807, 2.05) is 18.4 Å². The van der Waals surface area contributed by atoms with Crippen LogP contribution in [0.4, 0.5) is 0 Å². The Bertz CT molecular complexity index is 683. The van der Waals surface area contributed by atoms with Crippen LogP contribution in [0, 0.1) is 5.92 Å². The monoisotopic (exact) mass is 373 g/mol. The van der Waals surface area contributed by atoms with Crippen LogP contribution in [0.3, 0.4) is 0 Å². The van der Waals surface area contributed by atoms with Crippen LogP contribution in [-0.2, 0) is 20.1 Å². The Morgan fingerprint density at radius 2 is 2.12 bits per heavy atom. The van der Waals surface area contributed by atoms with E-state index >= 15 is 0 Å². The van der Waals surface area contributed by atoms with Crippen molar-refractivity contribution in [3.63, 3.8) is 0 Å². The quantitative estimate of drug-likeness (QED) is 0.625. The van der Waals surface area contributed by atoms with Crippen molar-refractivity contribution in [2.75, 3.05) is 33.7 Å². The molecule has 0 bridgehead atoms. The highest BCUT2D eigenvalue weighted by atomic mass is 32.1. The van der Waals surface area contributed by atoms with E-state index in [-0.39, 0.29) is 0 Å². The Morgan fingerprint density at radius 3 is 2.73 bits per heavy atom. The van der Waals surface area contributed by atoms with Gasteiger partial charge in [0.1, 0.15) is 0 Å². The molecule has 142 valence electrons. The molecule has 1 N–H and O–H groups in total. The first-order valence-electron chi connectivity index (χ1n) is 9.42.